The van der Waals surface area contributed by atoms with Crippen LogP contribution in [0.4, 0.5) is 0 Å². The minimum atomic E-state index is 0.309. The molecule has 0 radical (unpaired) electrons. The minimum absolute atomic E-state index is 0.309. The number of aliphatic hydroxyl groups excluding tert-OH is 1. The average molecular weight is 174 g/mol. The second-order valence-corrected chi connectivity index (χ2v) is 3.53. The summed E-state index contributed by atoms with van der Waals surface area (Å²) in [5, 5.41) is 9.01. The Morgan fingerprint density at radius 3 is 2.42 bits per heavy atom. The van der Waals surface area contributed by atoms with Gasteiger partial charge in [-0.1, -0.05) is 13.8 Å². The van der Waals surface area contributed by atoms with Gasteiger partial charge in [0, 0.05) is 19.8 Å². The van der Waals surface area contributed by atoms with E-state index in [1.807, 2.05) is 6.92 Å². The fraction of sp³-hybridized carbons (Fsp3) is 1.00. The monoisotopic (exact) mass is 174 g/mol. The normalized spacial score (nSPS) is 13.8. The van der Waals surface area contributed by atoms with Gasteiger partial charge in [0.1, 0.15) is 0 Å². The van der Waals surface area contributed by atoms with E-state index in [1.165, 1.54) is 0 Å². The Hall–Kier alpha value is -0.0800. The Morgan fingerprint density at radius 1 is 1.33 bits per heavy atom. The molecule has 0 aliphatic carbocycles. The molecule has 0 aliphatic heterocycles. The van der Waals surface area contributed by atoms with E-state index in [0.717, 1.165) is 26.1 Å². The summed E-state index contributed by atoms with van der Waals surface area (Å²) in [6.45, 7) is 8.25. The van der Waals surface area contributed by atoms with E-state index in [2.05, 4.69) is 13.8 Å². The summed E-state index contributed by atoms with van der Waals surface area (Å²) in [7, 11) is 0. The van der Waals surface area contributed by atoms with Gasteiger partial charge in [0.15, 0.2) is 0 Å². The molecule has 0 spiro atoms. The van der Waals surface area contributed by atoms with Gasteiger partial charge >= 0.3 is 0 Å². The van der Waals surface area contributed by atoms with Crippen LogP contribution < -0.4 is 0 Å². The van der Waals surface area contributed by atoms with Crippen LogP contribution in [-0.4, -0.2) is 24.9 Å². The van der Waals surface area contributed by atoms with Crippen LogP contribution in [0.25, 0.3) is 0 Å². The van der Waals surface area contributed by atoms with Crippen molar-refractivity contribution >= 4 is 0 Å². The highest BCUT2D eigenvalue weighted by Gasteiger charge is 2.10. The third-order valence-electron chi connectivity index (χ3n) is 2.25. The van der Waals surface area contributed by atoms with E-state index >= 15 is 0 Å². The van der Waals surface area contributed by atoms with E-state index in [4.69, 9.17) is 9.84 Å². The highest BCUT2D eigenvalue weighted by Crippen LogP contribution is 2.15. The summed E-state index contributed by atoms with van der Waals surface area (Å²) in [6, 6.07) is 0. The summed E-state index contributed by atoms with van der Waals surface area (Å²) in [6.07, 6.45) is 2.14. The molecule has 0 heterocycles. The van der Waals surface area contributed by atoms with Crippen molar-refractivity contribution in [3.8, 4) is 0 Å². The summed E-state index contributed by atoms with van der Waals surface area (Å²) >= 11 is 0. The molecule has 0 saturated carbocycles. The van der Waals surface area contributed by atoms with Gasteiger partial charge < -0.3 is 9.84 Å². The van der Waals surface area contributed by atoms with E-state index in [1.54, 1.807) is 0 Å². The zero-order valence-electron chi connectivity index (χ0n) is 8.55. The molecule has 0 aromatic carbocycles. The first-order valence-corrected chi connectivity index (χ1v) is 4.91. The Morgan fingerprint density at radius 2 is 2.00 bits per heavy atom. The largest absolute Gasteiger partial charge is 0.396 e. The highest BCUT2D eigenvalue weighted by molar-refractivity contribution is 4.61. The van der Waals surface area contributed by atoms with E-state index in [9.17, 15) is 0 Å². The molecule has 0 bridgehead atoms. The van der Waals surface area contributed by atoms with E-state index in [-0.39, 0.29) is 0 Å². The lowest BCUT2D eigenvalue weighted by Crippen LogP contribution is -2.14. The van der Waals surface area contributed by atoms with Crippen molar-refractivity contribution in [1.29, 1.82) is 0 Å². The van der Waals surface area contributed by atoms with Crippen molar-refractivity contribution in [2.24, 2.45) is 11.8 Å². The predicted octanol–water partition coefficient (Wildman–Crippen LogP) is 2.07. The molecule has 0 aromatic heterocycles. The first kappa shape index (κ1) is 11.9. The van der Waals surface area contributed by atoms with E-state index in [0.29, 0.717) is 18.4 Å². The van der Waals surface area contributed by atoms with Gasteiger partial charge in [0.05, 0.1) is 0 Å². The van der Waals surface area contributed by atoms with Crippen LogP contribution in [0.15, 0.2) is 0 Å². The maximum atomic E-state index is 9.01. The molecule has 1 unspecified atom stereocenters. The molecule has 0 fully saturated rings. The first-order valence-electron chi connectivity index (χ1n) is 4.91. The zero-order chi connectivity index (χ0) is 9.40. The van der Waals surface area contributed by atoms with Crippen molar-refractivity contribution < 1.29 is 9.84 Å². The molecule has 2 heteroatoms. The van der Waals surface area contributed by atoms with Crippen molar-refractivity contribution in [3.05, 3.63) is 0 Å². The van der Waals surface area contributed by atoms with Crippen molar-refractivity contribution in [2.75, 3.05) is 19.8 Å². The lowest BCUT2D eigenvalue weighted by atomic mass is 9.92. The van der Waals surface area contributed by atoms with Crippen LogP contribution in [0, 0.1) is 11.8 Å². The Balaban J connectivity index is 3.32. The molecule has 1 N–H and O–H groups in total. The smallest absolute Gasteiger partial charge is 0.0466 e. The summed E-state index contributed by atoms with van der Waals surface area (Å²) in [5.41, 5.74) is 0. The van der Waals surface area contributed by atoms with Crippen LogP contribution in [0.3, 0.4) is 0 Å². The van der Waals surface area contributed by atoms with E-state index < -0.39 is 0 Å². The quantitative estimate of drug-likeness (QED) is 0.599. The fourth-order valence-electron chi connectivity index (χ4n) is 1.23. The predicted molar refractivity (Wildman–Crippen MR) is 51.1 cm³/mol. The Bertz CT molecular complexity index is 91.8. The zero-order valence-corrected chi connectivity index (χ0v) is 8.55. The maximum Gasteiger partial charge on any atom is 0.0466 e. The van der Waals surface area contributed by atoms with Gasteiger partial charge in [-0.05, 0) is 31.6 Å². The van der Waals surface area contributed by atoms with Crippen LogP contribution in [0.5, 0.6) is 0 Å². The molecular formula is C10H22O2. The van der Waals surface area contributed by atoms with Gasteiger partial charge in [-0.15, -0.1) is 0 Å². The highest BCUT2D eigenvalue weighted by atomic mass is 16.5. The molecule has 2 nitrogen and oxygen atoms in total. The number of aliphatic hydroxyl groups is 1. The van der Waals surface area contributed by atoms with Gasteiger partial charge in [0.25, 0.3) is 0 Å². The van der Waals surface area contributed by atoms with Gasteiger partial charge in [-0.2, -0.15) is 0 Å². The van der Waals surface area contributed by atoms with Gasteiger partial charge in [0.2, 0.25) is 0 Å². The SMILES string of the molecule is CCOCCCC(CO)C(C)C. The molecular weight excluding hydrogens is 152 g/mol. The molecule has 0 rings (SSSR count). The van der Waals surface area contributed by atoms with Crippen LogP contribution >= 0.6 is 0 Å². The minimum Gasteiger partial charge on any atom is -0.396 e. The Kier molecular flexibility index (Phi) is 7.51. The molecule has 74 valence electrons. The lowest BCUT2D eigenvalue weighted by molar-refractivity contribution is 0.124. The number of hydrogen-bond acceptors (Lipinski definition) is 2. The fourth-order valence-corrected chi connectivity index (χ4v) is 1.23. The number of ether oxygens (including phenoxy) is 1. The second-order valence-electron chi connectivity index (χ2n) is 3.53. The Labute approximate surface area is 75.9 Å². The topological polar surface area (TPSA) is 29.5 Å². The third kappa shape index (κ3) is 5.56. The molecule has 0 aromatic rings. The lowest BCUT2D eigenvalue weighted by Gasteiger charge is -2.17. The van der Waals surface area contributed by atoms with Crippen LogP contribution in [-0.2, 0) is 4.74 Å². The molecule has 0 amide bonds. The molecule has 0 aliphatic rings. The second kappa shape index (κ2) is 7.56. The molecule has 0 saturated heterocycles. The summed E-state index contributed by atoms with van der Waals surface area (Å²) in [5.74, 6) is 1.03. The van der Waals surface area contributed by atoms with Crippen molar-refractivity contribution in [3.63, 3.8) is 0 Å². The third-order valence-corrected chi connectivity index (χ3v) is 2.25. The summed E-state index contributed by atoms with van der Waals surface area (Å²) in [4.78, 5) is 0. The summed E-state index contributed by atoms with van der Waals surface area (Å²) < 4.78 is 5.23. The molecule has 1 atom stereocenters. The van der Waals surface area contributed by atoms with Crippen molar-refractivity contribution in [1.82, 2.24) is 0 Å². The van der Waals surface area contributed by atoms with Crippen molar-refractivity contribution in [2.45, 2.75) is 33.6 Å². The standard InChI is InChI=1S/C10H22O2/c1-4-12-7-5-6-10(8-11)9(2)3/h9-11H,4-8H2,1-3H3. The number of hydrogen-bond donors (Lipinski definition) is 1. The van der Waals surface area contributed by atoms with Crippen LogP contribution in [0.2, 0.25) is 0 Å². The van der Waals surface area contributed by atoms with Gasteiger partial charge in [-0.25, -0.2) is 0 Å². The van der Waals surface area contributed by atoms with Gasteiger partial charge in [-0.3, -0.25) is 0 Å². The average Bonchev–Trinajstić information content (AvgIpc) is 2.04. The maximum absolute atomic E-state index is 9.01. The van der Waals surface area contributed by atoms with Crippen LogP contribution in [0.1, 0.15) is 33.6 Å². The first-order chi connectivity index (χ1) is 5.72. The molecule has 12 heavy (non-hydrogen) atoms. The number of rotatable bonds is 7.